The Morgan fingerprint density at radius 3 is 2.94 bits per heavy atom. The van der Waals surface area contributed by atoms with Crippen LogP contribution in [0, 0.1) is 5.92 Å². The maximum Gasteiger partial charge on any atom is 0.236 e. The molecular formula is C12H25N3O. The summed E-state index contributed by atoms with van der Waals surface area (Å²) in [5.74, 6) is 0.894. The SMILES string of the molecule is CCN(C)C(=O)CNCC1CCCN(C)C1. The average molecular weight is 227 g/mol. The van der Waals surface area contributed by atoms with Crippen molar-refractivity contribution in [1.82, 2.24) is 15.1 Å². The van der Waals surface area contributed by atoms with Crippen LogP contribution < -0.4 is 5.32 Å². The number of carbonyl (C=O) groups excluding carboxylic acids is 1. The van der Waals surface area contributed by atoms with Crippen LogP contribution in [0.3, 0.4) is 0 Å². The quantitative estimate of drug-likeness (QED) is 0.738. The highest BCUT2D eigenvalue weighted by molar-refractivity contribution is 5.77. The summed E-state index contributed by atoms with van der Waals surface area (Å²) in [7, 11) is 4.01. The third kappa shape index (κ3) is 4.49. The lowest BCUT2D eigenvalue weighted by Gasteiger charge is -2.29. The smallest absolute Gasteiger partial charge is 0.236 e. The van der Waals surface area contributed by atoms with Crippen LogP contribution in [0.1, 0.15) is 19.8 Å². The standard InChI is InChI=1S/C12H25N3O/c1-4-15(3)12(16)9-13-8-11-6-5-7-14(2)10-11/h11,13H,4-10H2,1-3H3. The summed E-state index contributed by atoms with van der Waals surface area (Å²) >= 11 is 0. The summed E-state index contributed by atoms with van der Waals surface area (Å²) in [6.45, 7) is 6.59. The summed E-state index contributed by atoms with van der Waals surface area (Å²) in [6, 6.07) is 0. The van der Waals surface area contributed by atoms with Crippen LogP contribution >= 0.6 is 0 Å². The Balaban J connectivity index is 2.12. The molecule has 0 spiro atoms. The van der Waals surface area contributed by atoms with Crippen molar-refractivity contribution in [1.29, 1.82) is 0 Å². The molecule has 1 fully saturated rings. The van der Waals surface area contributed by atoms with Crippen molar-refractivity contribution in [3.63, 3.8) is 0 Å². The summed E-state index contributed by atoms with van der Waals surface area (Å²) in [6.07, 6.45) is 2.57. The van der Waals surface area contributed by atoms with E-state index in [1.54, 1.807) is 4.90 Å². The van der Waals surface area contributed by atoms with Gasteiger partial charge in [-0.1, -0.05) is 0 Å². The van der Waals surface area contributed by atoms with Crippen LogP contribution in [0.4, 0.5) is 0 Å². The van der Waals surface area contributed by atoms with Gasteiger partial charge in [0.15, 0.2) is 0 Å². The number of likely N-dealkylation sites (N-methyl/N-ethyl adjacent to an activating group) is 1. The van der Waals surface area contributed by atoms with E-state index in [0.717, 1.165) is 19.6 Å². The second-order valence-electron chi connectivity index (χ2n) is 4.81. The summed E-state index contributed by atoms with van der Waals surface area (Å²) in [4.78, 5) is 15.7. The van der Waals surface area contributed by atoms with Gasteiger partial charge >= 0.3 is 0 Å². The summed E-state index contributed by atoms with van der Waals surface area (Å²) in [5, 5.41) is 3.27. The van der Waals surface area contributed by atoms with Gasteiger partial charge in [0, 0.05) is 20.1 Å². The van der Waals surface area contributed by atoms with Crippen molar-refractivity contribution < 1.29 is 4.79 Å². The molecule has 0 radical (unpaired) electrons. The predicted octanol–water partition coefficient (Wildman–Crippen LogP) is 0.396. The molecule has 1 aliphatic rings. The number of nitrogens with zero attached hydrogens (tertiary/aromatic N) is 2. The van der Waals surface area contributed by atoms with E-state index in [1.165, 1.54) is 19.4 Å². The van der Waals surface area contributed by atoms with Crippen LogP contribution in [0.25, 0.3) is 0 Å². The van der Waals surface area contributed by atoms with Gasteiger partial charge in [0.2, 0.25) is 5.91 Å². The van der Waals surface area contributed by atoms with E-state index in [2.05, 4.69) is 17.3 Å². The first-order chi connectivity index (χ1) is 7.63. The van der Waals surface area contributed by atoms with E-state index < -0.39 is 0 Å². The minimum atomic E-state index is 0.187. The number of amides is 1. The molecule has 1 saturated heterocycles. The number of piperidine rings is 1. The predicted molar refractivity (Wildman–Crippen MR) is 66.4 cm³/mol. The van der Waals surface area contributed by atoms with E-state index in [4.69, 9.17) is 0 Å². The lowest BCUT2D eigenvalue weighted by molar-refractivity contribution is -0.128. The molecule has 0 bridgehead atoms. The number of hydrogen-bond donors (Lipinski definition) is 1. The van der Waals surface area contributed by atoms with Crippen molar-refractivity contribution in [2.45, 2.75) is 19.8 Å². The van der Waals surface area contributed by atoms with E-state index in [1.807, 2.05) is 14.0 Å². The molecule has 0 aromatic heterocycles. The van der Waals surface area contributed by atoms with Gasteiger partial charge < -0.3 is 15.1 Å². The minimum Gasteiger partial charge on any atom is -0.345 e. The first-order valence-electron chi connectivity index (χ1n) is 6.26. The molecule has 1 heterocycles. The summed E-state index contributed by atoms with van der Waals surface area (Å²) in [5.41, 5.74) is 0. The van der Waals surface area contributed by atoms with Crippen LogP contribution in [0.15, 0.2) is 0 Å². The van der Waals surface area contributed by atoms with Gasteiger partial charge in [-0.05, 0) is 45.8 Å². The summed E-state index contributed by atoms with van der Waals surface area (Å²) < 4.78 is 0. The third-order valence-corrected chi connectivity index (χ3v) is 3.33. The molecule has 1 atom stereocenters. The van der Waals surface area contributed by atoms with Gasteiger partial charge in [-0.2, -0.15) is 0 Å². The normalized spacial score (nSPS) is 22.1. The molecule has 0 saturated carbocycles. The molecule has 0 aromatic carbocycles. The average Bonchev–Trinajstić information content (AvgIpc) is 2.28. The van der Waals surface area contributed by atoms with Gasteiger partial charge in [0.25, 0.3) is 0 Å². The Morgan fingerprint density at radius 2 is 2.31 bits per heavy atom. The number of hydrogen-bond acceptors (Lipinski definition) is 3. The number of nitrogens with one attached hydrogen (secondary N) is 1. The van der Waals surface area contributed by atoms with Crippen molar-refractivity contribution in [3.05, 3.63) is 0 Å². The molecule has 0 aliphatic carbocycles. The number of carbonyl (C=O) groups is 1. The Morgan fingerprint density at radius 1 is 1.56 bits per heavy atom. The molecule has 4 nitrogen and oxygen atoms in total. The van der Waals surface area contributed by atoms with E-state index >= 15 is 0 Å². The van der Waals surface area contributed by atoms with Gasteiger partial charge in [-0.25, -0.2) is 0 Å². The molecule has 1 unspecified atom stereocenters. The molecular weight excluding hydrogens is 202 g/mol. The monoisotopic (exact) mass is 227 g/mol. The highest BCUT2D eigenvalue weighted by Crippen LogP contribution is 2.13. The van der Waals surface area contributed by atoms with E-state index in [0.29, 0.717) is 12.5 Å². The number of rotatable bonds is 5. The van der Waals surface area contributed by atoms with E-state index in [9.17, 15) is 4.79 Å². The highest BCUT2D eigenvalue weighted by Gasteiger charge is 2.17. The zero-order valence-electron chi connectivity index (χ0n) is 10.8. The zero-order chi connectivity index (χ0) is 12.0. The molecule has 94 valence electrons. The second-order valence-corrected chi connectivity index (χ2v) is 4.81. The van der Waals surface area contributed by atoms with Crippen LogP contribution in [0.2, 0.25) is 0 Å². The lowest BCUT2D eigenvalue weighted by Crippen LogP contribution is -2.41. The zero-order valence-corrected chi connectivity index (χ0v) is 10.8. The molecule has 0 aromatic rings. The topological polar surface area (TPSA) is 35.6 Å². The molecule has 1 aliphatic heterocycles. The van der Waals surface area contributed by atoms with Gasteiger partial charge in [-0.15, -0.1) is 0 Å². The first-order valence-corrected chi connectivity index (χ1v) is 6.26. The van der Waals surface area contributed by atoms with Gasteiger partial charge in [-0.3, -0.25) is 4.79 Å². The van der Waals surface area contributed by atoms with Crippen molar-refractivity contribution in [2.24, 2.45) is 5.92 Å². The highest BCUT2D eigenvalue weighted by atomic mass is 16.2. The Hall–Kier alpha value is -0.610. The molecule has 1 rings (SSSR count). The molecule has 1 N–H and O–H groups in total. The first kappa shape index (κ1) is 13.5. The fraction of sp³-hybridized carbons (Fsp3) is 0.917. The Labute approximate surface area is 99.0 Å². The van der Waals surface area contributed by atoms with Crippen LogP contribution in [-0.2, 0) is 4.79 Å². The fourth-order valence-corrected chi connectivity index (χ4v) is 2.13. The van der Waals surface area contributed by atoms with Gasteiger partial charge in [0.1, 0.15) is 0 Å². The van der Waals surface area contributed by atoms with E-state index in [-0.39, 0.29) is 5.91 Å². The maximum atomic E-state index is 11.5. The molecule has 4 heteroatoms. The third-order valence-electron chi connectivity index (χ3n) is 3.33. The fourth-order valence-electron chi connectivity index (χ4n) is 2.13. The van der Waals surface area contributed by atoms with Crippen molar-refractivity contribution in [3.8, 4) is 0 Å². The van der Waals surface area contributed by atoms with Crippen molar-refractivity contribution >= 4 is 5.91 Å². The lowest BCUT2D eigenvalue weighted by atomic mass is 9.98. The molecule has 16 heavy (non-hydrogen) atoms. The Bertz CT molecular complexity index is 220. The number of likely N-dealkylation sites (tertiary alicyclic amines) is 1. The van der Waals surface area contributed by atoms with Gasteiger partial charge in [0.05, 0.1) is 6.54 Å². The largest absolute Gasteiger partial charge is 0.345 e. The maximum absolute atomic E-state index is 11.5. The van der Waals surface area contributed by atoms with Crippen molar-refractivity contribution in [2.75, 3.05) is 46.8 Å². The minimum absolute atomic E-state index is 0.187. The molecule has 1 amide bonds. The Kier molecular flexibility index (Phi) is 5.77. The van der Waals surface area contributed by atoms with Crippen LogP contribution in [-0.4, -0.2) is 62.5 Å². The van der Waals surface area contributed by atoms with Crippen LogP contribution in [0.5, 0.6) is 0 Å². The second kappa shape index (κ2) is 6.86.